The zero-order valence-electron chi connectivity index (χ0n) is 0.500. The molecule has 0 aromatic heterocycles. The summed E-state index contributed by atoms with van der Waals surface area (Å²) in [7, 11) is 0. The van der Waals surface area contributed by atoms with Crippen molar-refractivity contribution in [3.63, 3.8) is 0 Å². The summed E-state index contributed by atoms with van der Waals surface area (Å²) in [4.78, 5) is 0. The van der Waals surface area contributed by atoms with Crippen molar-refractivity contribution in [1.82, 2.24) is 0 Å². The Bertz CT molecular complexity index is 8.00. The summed E-state index contributed by atoms with van der Waals surface area (Å²) in [5, 5.41) is 0. The monoisotopic (exact) mass is 170 g/mol. The second-order valence-electron chi connectivity index (χ2n) is 0. The van der Waals surface area contributed by atoms with Gasteiger partial charge in [0.2, 0.25) is 0 Å². The Morgan fingerprint density at radius 3 is 1.00 bits per heavy atom. The first-order valence-corrected chi connectivity index (χ1v) is 0. The van der Waals surface area contributed by atoms with Crippen LogP contribution in [0.5, 0.6) is 0 Å². The van der Waals surface area contributed by atoms with Gasteiger partial charge in [-0.05, 0) is 0 Å². The molecule has 0 rings (SSSR count). The molecule has 0 saturated carbocycles. The van der Waals surface area contributed by atoms with E-state index in [2.05, 4.69) is 0 Å². The van der Waals surface area contributed by atoms with Crippen LogP contribution in [0.3, 0.4) is 0 Å². The van der Waals surface area contributed by atoms with Crippen LogP contribution in [0.4, 0.5) is 0 Å². The summed E-state index contributed by atoms with van der Waals surface area (Å²) in [6, 6.07) is 0. The van der Waals surface area contributed by atoms with E-state index in [1.807, 2.05) is 0 Å². The van der Waals surface area contributed by atoms with E-state index in [4.69, 9.17) is 0 Å². The average Bonchev–Trinajstić information content (AvgIpc) is 0. The maximum absolute atomic E-state index is 0. The van der Waals surface area contributed by atoms with Crippen LogP contribution < -0.4 is 0 Å². The van der Waals surface area contributed by atoms with E-state index >= 15 is 0 Å². The van der Waals surface area contributed by atoms with Gasteiger partial charge in [0.1, 0.15) is 0 Å². The van der Waals surface area contributed by atoms with Gasteiger partial charge in [0.05, 0.1) is 0 Å². The first-order valence-electron chi connectivity index (χ1n) is 0. The van der Waals surface area contributed by atoms with E-state index < -0.39 is 0 Å². The van der Waals surface area contributed by atoms with Gasteiger partial charge in [-0.2, -0.15) is 0 Å². The van der Waals surface area contributed by atoms with Gasteiger partial charge in [-0.1, -0.05) is 0 Å². The maximum atomic E-state index is 0. The van der Waals surface area contributed by atoms with Crippen molar-refractivity contribution in [3.8, 4) is 0 Å². The van der Waals surface area contributed by atoms with Gasteiger partial charge in [-0.3, -0.25) is 0 Å². The minimum atomic E-state index is 0. The third-order valence-electron chi connectivity index (χ3n) is 0. The quantitative estimate of drug-likeness (QED) is 0.361. The molecular weight excluding hydrogens is 165 g/mol. The SMILES string of the molecule is [LiH].[NaH].[SrH2].[Ti]. The molecule has 0 aromatic carbocycles. The van der Waals surface area contributed by atoms with Crippen LogP contribution in [0, 0.1) is 0 Å². The number of hydrogen-bond donors (Lipinski definition) is 0. The molecule has 0 spiro atoms. The maximum Gasteiger partial charge on any atom is 0 e. The Labute approximate surface area is 112 Å². The van der Waals surface area contributed by atoms with Gasteiger partial charge in [0.15, 0.2) is 0 Å². The van der Waals surface area contributed by atoms with E-state index in [0.717, 1.165) is 0 Å². The third-order valence-corrected chi connectivity index (χ3v) is 0. The predicted octanol–water partition coefficient (Wildman–Crippen LogP) is -2.22. The van der Waals surface area contributed by atoms with Crippen LogP contribution in [0.2, 0.25) is 0 Å². The zero-order valence-corrected chi connectivity index (χ0v) is 2.06. The molecule has 0 aliphatic heterocycles. The molecule has 0 unspecified atom stereocenters. The fourth-order valence-corrected chi connectivity index (χ4v) is 0. The summed E-state index contributed by atoms with van der Waals surface area (Å²) in [6.07, 6.45) is 0. The molecule has 0 aliphatic rings. The van der Waals surface area contributed by atoms with Gasteiger partial charge in [-0.15, -0.1) is 0 Å². The Balaban J connectivity index is 0. The van der Waals surface area contributed by atoms with Crippen LogP contribution in [0.1, 0.15) is 0 Å². The molecule has 0 N–H and O–H groups in total. The summed E-state index contributed by atoms with van der Waals surface area (Å²) in [5.74, 6) is 0. The molecule has 0 saturated heterocycles. The smallest absolute Gasteiger partial charge is 0 e. The van der Waals surface area contributed by atoms with E-state index in [9.17, 15) is 0 Å². The van der Waals surface area contributed by atoms with E-state index in [-0.39, 0.29) is 116 Å². The Morgan fingerprint density at radius 2 is 1.00 bits per heavy atom. The molecule has 12 valence electrons. The Hall–Kier alpha value is 3.79. The van der Waals surface area contributed by atoms with Gasteiger partial charge in [0, 0.05) is 21.7 Å². The summed E-state index contributed by atoms with van der Waals surface area (Å²) < 4.78 is 0. The third kappa shape index (κ3) is 9.25. The molecule has 0 bridgehead atoms. The van der Waals surface area contributed by atoms with Crippen molar-refractivity contribution < 1.29 is 21.7 Å². The summed E-state index contributed by atoms with van der Waals surface area (Å²) >= 11 is 0. The first kappa shape index (κ1) is 25.0. The molecule has 4 heavy (non-hydrogen) atoms. The molecule has 4 heteroatoms. The van der Waals surface area contributed by atoms with E-state index in [0.29, 0.717) is 0 Å². The molecule has 0 atom stereocenters. The largest absolute Gasteiger partial charge is 0 e. The van der Waals surface area contributed by atoms with Crippen molar-refractivity contribution in [2.75, 3.05) is 0 Å². The zero-order chi connectivity index (χ0) is 0. The molecule has 0 amide bonds. The topological polar surface area (TPSA) is 0 Å². The van der Waals surface area contributed by atoms with Gasteiger partial charge >= 0.3 is 93.9 Å². The second kappa shape index (κ2) is 15.8. The van der Waals surface area contributed by atoms with Gasteiger partial charge in [0.25, 0.3) is 0 Å². The number of rotatable bonds is 0. The summed E-state index contributed by atoms with van der Waals surface area (Å²) in [6.45, 7) is 0. The van der Waals surface area contributed by atoms with Crippen molar-refractivity contribution in [1.29, 1.82) is 0 Å². The minimum Gasteiger partial charge on any atom is 0 e. The molecule has 0 radical (unpaired) electrons. The molecule has 0 aliphatic carbocycles. The Kier molecular flexibility index (Phi) is 99.0. The van der Waals surface area contributed by atoms with E-state index in [1.54, 1.807) is 0 Å². The van der Waals surface area contributed by atoms with Gasteiger partial charge in [-0.25, -0.2) is 0 Å². The average molecular weight is 169 g/mol. The second-order valence-corrected chi connectivity index (χ2v) is 0. The van der Waals surface area contributed by atoms with Crippen LogP contribution in [-0.2, 0) is 21.7 Å². The fourth-order valence-electron chi connectivity index (χ4n) is 0. The van der Waals surface area contributed by atoms with Crippen LogP contribution in [-0.4, -0.2) is 93.9 Å². The minimum absolute atomic E-state index is 0. The van der Waals surface area contributed by atoms with Crippen molar-refractivity contribution in [3.05, 3.63) is 0 Å². The number of hydrogen-bond acceptors (Lipinski definition) is 0. The molecular formula is H4LiNaSrTi. The Morgan fingerprint density at radius 1 is 1.00 bits per heavy atom. The van der Waals surface area contributed by atoms with Crippen molar-refractivity contribution in [2.45, 2.75) is 0 Å². The van der Waals surface area contributed by atoms with Crippen LogP contribution >= 0.6 is 0 Å². The molecule has 0 fully saturated rings. The fraction of sp³-hybridized carbons (Fsp3) is 0. The van der Waals surface area contributed by atoms with E-state index in [1.165, 1.54) is 0 Å². The van der Waals surface area contributed by atoms with Crippen molar-refractivity contribution >= 4 is 93.9 Å². The van der Waals surface area contributed by atoms with Gasteiger partial charge < -0.3 is 0 Å². The standard InChI is InChI=1S/Li.Na.Sr.Ti.4H. The van der Waals surface area contributed by atoms with Crippen LogP contribution in [0.25, 0.3) is 0 Å². The van der Waals surface area contributed by atoms with Crippen molar-refractivity contribution in [2.24, 2.45) is 0 Å². The molecule has 0 nitrogen and oxygen atoms in total. The van der Waals surface area contributed by atoms with Crippen LogP contribution in [0.15, 0.2) is 0 Å². The molecule has 0 heterocycles. The predicted molar refractivity (Wildman–Crippen MR) is 22.8 cm³/mol. The first-order chi connectivity index (χ1) is 0. The summed E-state index contributed by atoms with van der Waals surface area (Å²) in [5.41, 5.74) is 0. The normalized spacial score (nSPS) is 0. The molecule has 0 aromatic rings.